The van der Waals surface area contributed by atoms with Gasteiger partial charge in [-0.2, -0.15) is 0 Å². The van der Waals surface area contributed by atoms with Gasteiger partial charge in [0, 0.05) is 0 Å². The van der Waals surface area contributed by atoms with Crippen LogP contribution in [0.3, 0.4) is 0 Å². The van der Waals surface area contributed by atoms with E-state index >= 15 is 0 Å². The molecule has 124 valence electrons. The summed E-state index contributed by atoms with van der Waals surface area (Å²) in [6, 6.07) is 6.25. The average Bonchev–Trinajstić information content (AvgIpc) is 2.42. The van der Waals surface area contributed by atoms with Crippen molar-refractivity contribution in [3.8, 4) is 5.75 Å². The zero-order valence-corrected chi connectivity index (χ0v) is 14.8. The van der Waals surface area contributed by atoms with Gasteiger partial charge in [0.15, 0.2) is 0 Å². The van der Waals surface area contributed by atoms with E-state index in [1.807, 2.05) is 20.8 Å². The number of nitrogens with one attached hydrogen (secondary N) is 1. The van der Waals surface area contributed by atoms with E-state index in [0.29, 0.717) is 11.3 Å². The van der Waals surface area contributed by atoms with E-state index in [4.69, 9.17) is 9.47 Å². The van der Waals surface area contributed by atoms with Gasteiger partial charge in [0.2, 0.25) is 0 Å². The van der Waals surface area contributed by atoms with Gasteiger partial charge in [0.05, 0.1) is 28.9 Å². The Morgan fingerprint density at radius 1 is 1.18 bits per heavy atom. The largest absolute Gasteiger partial charge is 0.497 e. The molecule has 1 N–H and O–H groups in total. The molecular weight excluding hydrogens is 302 g/mol. The van der Waals surface area contributed by atoms with Gasteiger partial charge in [-0.1, -0.05) is 12.1 Å². The fourth-order valence-corrected chi connectivity index (χ4v) is 2.43. The predicted octanol–water partition coefficient (Wildman–Crippen LogP) is 2.74. The van der Waals surface area contributed by atoms with Crippen LogP contribution < -0.4 is 9.46 Å². The fraction of sp³-hybridized carbons (Fsp3) is 0.562. The maximum Gasteiger partial charge on any atom is 0.328 e. The van der Waals surface area contributed by atoms with Crippen molar-refractivity contribution in [3.05, 3.63) is 29.8 Å². The van der Waals surface area contributed by atoms with Crippen molar-refractivity contribution >= 4 is 17.0 Å². The minimum atomic E-state index is -1.39. The summed E-state index contributed by atoms with van der Waals surface area (Å²) >= 11 is 0. The molecule has 0 saturated heterocycles. The molecule has 0 unspecified atom stereocenters. The first-order valence-corrected chi connectivity index (χ1v) is 8.32. The third-order valence-electron chi connectivity index (χ3n) is 2.82. The molecule has 1 aromatic rings. The van der Waals surface area contributed by atoms with Crippen LogP contribution in [0.1, 0.15) is 46.2 Å². The van der Waals surface area contributed by atoms with Gasteiger partial charge in [-0.25, -0.2) is 13.7 Å². The van der Waals surface area contributed by atoms with E-state index in [9.17, 15) is 9.00 Å². The predicted molar refractivity (Wildman–Crippen MR) is 88.0 cm³/mol. The van der Waals surface area contributed by atoms with Crippen molar-refractivity contribution in [2.45, 2.75) is 51.5 Å². The Balaban J connectivity index is 3.04. The lowest BCUT2D eigenvalue weighted by atomic mass is 10.1. The Morgan fingerprint density at radius 2 is 1.73 bits per heavy atom. The minimum absolute atomic E-state index is 0.238. The molecule has 5 nitrogen and oxygen atoms in total. The number of rotatable bonds is 6. The van der Waals surface area contributed by atoms with Crippen molar-refractivity contribution in [1.29, 1.82) is 0 Å². The second-order valence-corrected chi connectivity index (χ2v) is 8.19. The first kappa shape index (κ1) is 18.6. The first-order valence-electron chi connectivity index (χ1n) is 7.17. The van der Waals surface area contributed by atoms with Crippen molar-refractivity contribution < 1.29 is 18.5 Å². The Bertz CT molecular complexity index is 520. The second-order valence-electron chi connectivity index (χ2n) is 6.19. The summed E-state index contributed by atoms with van der Waals surface area (Å²) in [5.41, 5.74) is 0.684. The maximum atomic E-state index is 12.3. The number of methoxy groups -OCH3 is 1. The highest BCUT2D eigenvalue weighted by atomic mass is 32.2. The van der Waals surface area contributed by atoms with Crippen LogP contribution >= 0.6 is 0 Å². The SMILES string of the molecule is COc1ccc([C@@H](N[S@@](=O)C(C)(C)C)C(=O)OC(C)C)cc1. The van der Waals surface area contributed by atoms with Gasteiger partial charge in [-0.05, 0) is 52.3 Å². The third-order valence-corrected chi connectivity index (χ3v) is 4.38. The first-order chi connectivity index (χ1) is 10.1. The number of hydrogen-bond donors (Lipinski definition) is 1. The number of ether oxygens (including phenoxy) is 2. The standard InChI is InChI=1S/C16H25NO4S/c1-11(2)21-15(18)14(17-22(19)16(3,4)5)12-7-9-13(20-6)10-8-12/h7-11,14,17H,1-6H3/t14-,22+/m1/s1. The number of benzene rings is 1. The van der Waals surface area contributed by atoms with E-state index in [0.717, 1.165) is 0 Å². The smallest absolute Gasteiger partial charge is 0.328 e. The number of hydrogen-bond acceptors (Lipinski definition) is 4. The summed E-state index contributed by atoms with van der Waals surface area (Å²) in [6.07, 6.45) is -0.238. The third kappa shape index (κ3) is 5.42. The molecule has 22 heavy (non-hydrogen) atoms. The van der Waals surface area contributed by atoms with Crippen LogP contribution in [0, 0.1) is 0 Å². The van der Waals surface area contributed by atoms with Crippen LogP contribution in [-0.4, -0.2) is 28.1 Å². The highest BCUT2D eigenvalue weighted by molar-refractivity contribution is 7.84. The summed E-state index contributed by atoms with van der Waals surface area (Å²) in [7, 11) is 0.183. The number of carbonyl (C=O) groups excluding carboxylic acids is 1. The van der Waals surface area contributed by atoms with Crippen molar-refractivity contribution in [1.82, 2.24) is 4.72 Å². The lowest BCUT2D eigenvalue weighted by molar-refractivity contribution is -0.149. The molecular formula is C16H25NO4S. The lowest BCUT2D eigenvalue weighted by Gasteiger charge is -2.24. The minimum Gasteiger partial charge on any atom is -0.497 e. The van der Waals surface area contributed by atoms with Crippen LogP contribution in [0.15, 0.2) is 24.3 Å². The topological polar surface area (TPSA) is 64.6 Å². The Kier molecular flexibility index (Phi) is 6.56. The van der Waals surface area contributed by atoms with Crippen LogP contribution in [0.25, 0.3) is 0 Å². The highest BCUT2D eigenvalue weighted by Crippen LogP contribution is 2.22. The zero-order valence-electron chi connectivity index (χ0n) is 14.0. The molecule has 0 aliphatic heterocycles. The fourth-order valence-electron chi connectivity index (χ4n) is 1.63. The van der Waals surface area contributed by atoms with Gasteiger partial charge >= 0.3 is 5.97 Å². The van der Waals surface area contributed by atoms with Crippen molar-refractivity contribution in [2.75, 3.05) is 7.11 Å². The van der Waals surface area contributed by atoms with Crippen molar-refractivity contribution in [2.24, 2.45) is 0 Å². The normalized spacial score (nSPS) is 14.5. The molecule has 1 rings (SSSR count). The summed E-state index contributed by atoms with van der Waals surface area (Å²) < 4.78 is 25.1. The average molecular weight is 327 g/mol. The van der Waals surface area contributed by atoms with Gasteiger partial charge in [0.25, 0.3) is 0 Å². The monoisotopic (exact) mass is 327 g/mol. The molecule has 0 bridgehead atoms. The van der Waals surface area contributed by atoms with Gasteiger partial charge < -0.3 is 9.47 Å². The molecule has 1 aromatic carbocycles. The van der Waals surface area contributed by atoms with Crippen LogP contribution in [0.4, 0.5) is 0 Å². The molecule has 0 saturated carbocycles. The number of carbonyl (C=O) groups is 1. The Morgan fingerprint density at radius 3 is 2.14 bits per heavy atom. The summed E-state index contributed by atoms with van der Waals surface area (Å²) in [4.78, 5) is 12.3. The molecule has 0 spiro atoms. The zero-order chi connectivity index (χ0) is 16.9. The summed E-state index contributed by atoms with van der Waals surface area (Å²) in [6.45, 7) is 9.09. The quantitative estimate of drug-likeness (QED) is 0.816. The molecule has 0 aromatic heterocycles. The molecule has 0 radical (unpaired) electrons. The summed E-state index contributed by atoms with van der Waals surface area (Å²) in [5, 5.41) is 0. The van der Waals surface area contributed by atoms with E-state index in [2.05, 4.69) is 4.72 Å². The molecule has 0 heterocycles. The molecule has 0 amide bonds. The van der Waals surface area contributed by atoms with Gasteiger partial charge in [0.1, 0.15) is 11.8 Å². The molecule has 6 heteroatoms. The lowest BCUT2D eigenvalue weighted by Crippen LogP contribution is -2.39. The molecule has 0 aliphatic rings. The second kappa shape index (κ2) is 7.74. The van der Waals surface area contributed by atoms with E-state index in [1.165, 1.54) is 0 Å². The number of esters is 1. The van der Waals surface area contributed by atoms with Crippen LogP contribution in [-0.2, 0) is 20.5 Å². The summed E-state index contributed by atoms with van der Waals surface area (Å²) in [5.74, 6) is 0.245. The highest BCUT2D eigenvalue weighted by Gasteiger charge is 2.29. The molecule has 2 atom stereocenters. The van der Waals surface area contributed by atoms with Crippen molar-refractivity contribution in [3.63, 3.8) is 0 Å². The van der Waals surface area contributed by atoms with Gasteiger partial charge in [-0.15, -0.1) is 0 Å². The van der Waals surface area contributed by atoms with Gasteiger partial charge in [-0.3, -0.25) is 0 Å². The Labute approximate surface area is 135 Å². The van der Waals surface area contributed by atoms with Crippen LogP contribution in [0.5, 0.6) is 5.75 Å². The van der Waals surface area contributed by atoms with E-state index in [-0.39, 0.29) is 6.10 Å². The van der Waals surface area contributed by atoms with Crippen LogP contribution in [0.2, 0.25) is 0 Å². The van der Waals surface area contributed by atoms with E-state index < -0.39 is 27.7 Å². The Hall–Kier alpha value is -1.40. The molecule has 0 aliphatic carbocycles. The molecule has 0 fully saturated rings. The van der Waals surface area contributed by atoms with E-state index in [1.54, 1.807) is 45.2 Å². The maximum absolute atomic E-state index is 12.3.